The Morgan fingerprint density at radius 3 is 2.73 bits per heavy atom. The van der Waals surface area contributed by atoms with Crippen molar-refractivity contribution in [3.05, 3.63) is 54.0 Å². The number of amides is 1. The normalized spacial score (nSPS) is 19.7. The Hall–Kier alpha value is -1.88. The summed E-state index contributed by atoms with van der Waals surface area (Å²) in [5.74, 6) is 0.896. The van der Waals surface area contributed by atoms with Crippen LogP contribution in [0.15, 0.2) is 47.6 Å². The van der Waals surface area contributed by atoms with Crippen molar-refractivity contribution in [2.45, 2.75) is 24.3 Å². The third-order valence-corrected chi connectivity index (χ3v) is 4.55. The summed E-state index contributed by atoms with van der Waals surface area (Å²) in [6.45, 7) is 2.07. The molecule has 1 saturated carbocycles. The Bertz CT molecular complexity index is 657. The van der Waals surface area contributed by atoms with E-state index in [-0.39, 0.29) is 23.6 Å². The molecule has 0 bridgehead atoms. The smallest absolute Gasteiger partial charge is 0.228 e. The van der Waals surface area contributed by atoms with Crippen molar-refractivity contribution < 1.29 is 9.18 Å². The fraction of sp³-hybridized carbons (Fsp3) is 0.294. The van der Waals surface area contributed by atoms with Crippen molar-refractivity contribution in [3.8, 4) is 0 Å². The van der Waals surface area contributed by atoms with Gasteiger partial charge < -0.3 is 5.32 Å². The van der Waals surface area contributed by atoms with E-state index < -0.39 is 0 Å². The van der Waals surface area contributed by atoms with Gasteiger partial charge in [0.05, 0.1) is 16.9 Å². The molecule has 1 heterocycles. The topological polar surface area (TPSA) is 42.0 Å². The molecule has 22 heavy (non-hydrogen) atoms. The van der Waals surface area contributed by atoms with Gasteiger partial charge in [0.15, 0.2) is 0 Å². The molecule has 1 aliphatic rings. The second kappa shape index (κ2) is 6.48. The molecule has 5 heteroatoms. The molecular weight excluding hydrogens is 299 g/mol. The van der Waals surface area contributed by atoms with E-state index in [0.717, 1.165) is 28.5 Å². The summed E-state index contributed by atoms with van der Waals surface area (Å²) in [5.41, 5.74) is 1.74. The van der Waals surface area contributed by atoms with Gasteiger partial charge in [-0.25, -0.2) is 9.37 Å². The summed E-state index contributed by atoms with van der Waals surface area (Å²) in [6, 6.07) is 10.2. The minimum Gasteiger partial charge on any atom is -0.324 e. The monoisotopic (exact) mass is 316 g/mol. The molecule has 3 rings (SSSR count). The number of hydrogen-bond donors (Lipinski definition) is 1. The molecule has 1 N–H and O–H groups in total. The summed E-state index contributed by atoms with van der Waals surface area (Å²) >= 11 is 1.67. The fourth-order valence-electron chi connectivity index (χ4n) is 2.49. The molecule has 1 aromatic heterocycles. The van der Waals surface area contributed by atoms with Crippen LogP contribution >= 0.6 is 11.8 Å². The highest BCUT2D eigenvalue weighted by Crippen LogP contribution is 2.47. The lowest BCUT2D eigenvalue weighted by molar-refractivity contribution is -0.117. The van der Waals surface area contributed by atoms with Crippen molar-refractivity contribution >= 4 is 23.4 Å². The minimum atomic E-state index is -0.249. The first kappa shape index (κ1) is 15.0. The van der Waals surface area contributed by atoms with Gasteiger partial charge in [-0.2, -0.15) is 0 Å². The minimum absolute atomic E-state index is 0.00650. The number of benzene rings is 1. The lowest BCUT2D eigenvalue weighted by atomic mass is 10.1. The molecule has 1 amide bonds. The third kappa shape index (κ3) is 3.47. The Labute approximate surface area is 133 Å². The van der Waals surface area contributed by atoms with Gasteiger partial charge >= 0.3 is 0 Å². The number of carbonyl (C=O) groups is 1. The summed E-state index contributed by atoms with van der Waals surface area (Å²) in [7, 11) is 0. The van der Waals surface area contributed by atoms with E-state index >= 15 is 0 Å². The predicted molar refractivity (Wildman–Crippen MR) is 86.5 cm³/mol. The highest BCUT2D eigenvalue weighted by molar-refractivity contribution is 7.99. The standard InChI is InChI=1S/C17H17FN2OS/c1-2-22-16-8-7-13(10-19-16)20-17(21)15-9-14(15)11-3-5-12(18)6-4-11/h3-8,10,14-15H,2,9H2,1H3,(H,20,21). The first-order valence-corrected chi connectivity index (χ1v) is 8.31. The van der Waals surface area contributed by atoms with Gasteiger partial charge in [0, 0.05) is 5.92 Å². The van der Waals surface area contributed by atoms with Gasteiger partial charge in [0.2, 0.25) is 5.91 Å². The Morgan fingerprint density at radius 2 is 2.09 bits per heavy atom. The Kier molecular flexibility index (Phi) is 4.43. The van der Waals surface area contributed by atoms with Gasteiger partial charge in [-0.1, -0.05) is 19.1 Å². The number of pyridine rings is 1. The number of aromatic nitrogens is 1. The van der Waals surface area contributed by atoms with E-state index in [4.69, 9.17) is 0 Å². The molecule has 2 aromatic rings. The SMILES string of the molecule is CCSc1ccc(NC(=O)C2CC2c2ccc(F)cc2)cn1. The first-order chi connectivity index (χ1) is 10.7. The maximum atomic E-state index is 12.9. The molecule has 1 aliphatic carbocycles. The molecule has 1 aromatic carbocycles. The van der Waals surface area contributed by atoms with Crippen LogP contribution in [0.3, 0.4) is 0 Å². The second-order valence-corrected chi connectivity index (χ2v) is 6.59. The highest BCUT2D eigenvalue weighted by Gasteiger charge is 2.43. The molecule has 0 saturated heterocycles. The lowest BCUT2D eigenvalue weighted by Crippen LogP contribution is -2.14. The van der Waals surface area contributed by atoms with Crippen molar-refractivity contribution in [1.82, 2.24) is 4.98 Å². The summed E-state index contributed by atoms with van der Waals surface area (Å²) < 4.78 is 12.9. The average Bonchev–Trinajstić information content (AvgIpc) is 3.31. The average molecular weight is 316 g/mol. The molecule has 0 spiro atoms. The third-order valence-electron chi connectivity index (χ3n) is 3.72. The predicted octanol–water partition coefficient (Wildman–Crippen LogP) is 4.07. The zero-order chi connectivity index (χ0) is 15.5. The maximum Gasteiger partial charge on any atom is 0.228 e. The first-order valence-electron chi connectivity index (χ1n) is 7.32. The summed E-state index contributed by atoms with van der Waals surface area (Å²) in [6.07, 6.45) is 2.50. The molecule has 1 fully saturated rings. The van der Waals surface area contributed by atoms with E-state index in [2.05, 4.69) is 17.2 Å². The number of carbonyl (C=O) groups excluding carboxylic acids is 1. The van der Waals surface area contributed by atoms with E-state index in [0.29, 0.717) is 0 Å². The second-order valence-electron chi connectivity index (χ2n) is 5.31. The summed E-state index contributed by atoms with van der Waals surface area (Å²) in [4.78, 5) is 16.5. The van der Waals surface area contributed by atoms with E-state index in [1.54, 1.807) is 30.1 Å². The molecule has 0 aliphatic heterocycles. The van der Waals surface area contributed by atoms with Crippen LogP contribution in [0.5, 0.6) is 0 Å². The van der Waals surface area contributed by atoms with Crippen molar-refractivity contribution in [3.63, 3.8) is 0 Å². The Morgan fingerprint density at radius 1 is 1.32 bits per heavy atom. The highest BCUT2D eigenvalue weighted by atomic mass is 32.2. The fourth-order valence-corrected chi connectivity index (χ4v) is 3.07. The Balaban J connectivity index is 1.58. The molecular formula is C17H17FN2OS. The molecule has 3 nitrogen and oxygen atoms in total. The van der Waals surface area contributed by atoms with Gasteiger partial charge in [-0.3, -0.25) is 4.79 Å². The van der Waals surface area contributed by atoms with E-state index in [1.807, 2.05) is 12.1 Å². The van der Waals surface area contributed by atoms with Gasteiger partial charge in [-0.15, -0.1) is 11.8 Å². The van der Waals surface area contributed by atoms with Crippen LogP contribution in [0.2, 0.25) is 0 Å². The van der Waals surface area contributed by atoms with E-state index in [9.17, 15) is 9.18 Å². The van der Waals surface area contributed by atoms with Crippen LogP contribution in [0, 0.1) is 11.7 Å². The number of rotatable bonds is 5. The zero-order valence-electron chi connectivity index (χ0n) is 12.3. The van der Waals surface area contributed by atoms with Gasteiger partial charge in [0.1, 0.15) is 5.82 Å². The number of nitrogens with one attached hydrogen (secondary N) is 1. The molecule has 0 radical (unpaired) electrons. The van der Waals surface area contributed by atoms with Gasteiger partial charge in [-0.05, 0) is 47.9 Å². The van der Waals surface area contributed by atoms with Crippen LogP contribution in [-0.4, -0.2) is 16.6 Å². The molecule has 114 valence electrons. The van der Waals surface area contributed by atoms with Crippen LogP contribution in [0.25, 0.3) is 0 Å². The summed E-state index contributed by atoms with van der Waals surface area (Å²) in [5, 5.41) is 3.85. The maximum absolute atomic E-state index is 12.9. The molecule has 2 unspecified atom stereocenters. The van der Waals surface area contributed by atoms with Gasteiger partial charge in [0.25, 0.3) is 0 Å². The molecule has 2 atom stereocenters. The zero-order valence-corrected chi connectivity index (χ0v) is 13.1. The number of halogens is 1. The number of nitrogens with zero attached hydrogens (tertiary/aromatic N) is 1. The van der Waals surface area contributed by atoms with Crippen molar-refractivity contribution in [2.24, 2.45) is 5.92 Å². The number of anilines is 1. The number of thioether (sulfide) groups is 1. The van der Waals surface area contributed by atoms with E-state index in [1.165, 1.54) is 12.1 Å². The lowest BCUT2D eigenvalue weighted by Gasteiger charge is -2.05. The van der Waals surface area contributed by atoms with Crippen LogP contribution in [0.1, 0.15) is 24.8 Å². The largest absolute Gasteiger partial charge is 0.324 e. The van der Waals surface area contributed by atoms with Crippen LogP contribution < -0.4 is 5.32 Å². The van der Waals surface area contributed by atoms with Crippen molar-refractivity contribution in [2.75, 3.05) is 11.1 Å². The van der Waals surface area contributed by atoms with Crippen LogP contribution in [0.4, 0.5) is 10.1 Å². The number of hydrogen-bond acceptors (Lipinski definition) is 3. The quantitative estimate of drug-likeness (QED) is 0.845. The van der Waals surface area contributed by atoms with Crippen molar-refractivity contribution in [1.29, 1.82) is 0 Å². The van der Waals surface area contributed by atoms with Crippen LogP contribution in [-0.2, 0) is 4.79 Å².